The number of hydrogen-bond donors (Lipinski definition) is 0. The minimum atomic E-state index is -3.15. The van der Waals surface area contributed by atoms with Crippen molar-refractivity contribution in [3.8, 4) is 0 Å². The molecule has 0 spiro atoms. The number of rotatable bonds is 2. The highest BCUT2D eigenvalue weighted by Crippen LogP contribution is 2.16. The maximum Gasteiger partial charge on any atom is 0.265 e. The summed E-state index contributed by atoms with van der Waals surface area (Å²) in [6.07, 6.45) is 1.19. The van der Waals surface area contributed by atoms with Crippen molar-refractivity contribution in [2.45, 2.75) is 6.92 Å². The molecule has 0 N–H and O–H groups in total. The van der Waals surface area contributed by atoms with E-state index in [4.69, 9.17) is 0 Å². The molecule has 2 heterocycles. The Kier molecular flexibility index (Phi) is 3.69. The summed E-state index contributed by atoms with van der Waals surface area (Å²) in [7, 11) is -3.15. The van der Waals surface area contributed by atoms with E-state index in [0.29, 0.717) is 31.1 Å². The number of thiazole rings is 1. The fourth-order valence-electron chi connectivity index (χ4n) is 1.87. The van der Waals surface area contributed by atoms with Crippen LogP contribution in [0.25, 0.3) is 0 Å². The van der Waals surface area contributed by atoms with Gasteiger partial charge in [-0.2, -0.15) is 4.31 Å². The third-order valence-corrected chi connectivity index (χ3v) is 5.15. The molecular formula is C10H15N3O3S2. The van der Waals surface area contributed by atoms with Crippen molar-refractivity contribution in [2.24, 2.45) is 0 Å². The van der Waals surface area contributed by atoms with Gasteiger partial charge in [0.05, 0.1) is 17.5 Å². The molecule has 1 saturated heterocycles. The van der Waals surface area contributed by atoms with E-state index in [1.807, 2.05) is 0 Å². The van der Waals surface area contributed by atoms with Crippen LogP contribution in [0.3, 0.4) is 0 Å². The van der Waals surface area contributed by atoms with Gasteiger partial charge in [-0.3, -0.25) is 4.79 Å². The fourth-order valence-corrected chi connectivity index (χ4v) is 3.47. The van der Waals surface area contributed by atoms with Crippen molar-refractivity contribution >= 4 is 27.3 Å². The number of amides is 1. The van der Waals surface area contributed by atoms with Gasteiger partial charge >= 0.3 is 0 Å². The molecule has 1 aliphatic heterocycles. The quantitative estimate of drug-likeness (QED) is 0.778. The van der Waals surface area contributed by atoms with Crippen LogP contribution >= 0.6 is 11.3 Å². The van der Waals surface area contributed by atoms with E-state index in [1.165, 1.54) is 21.9 Å². The van der Waals surface area contributed by atoms with Crippen LogP contribution in [0.4, 0.5) is 0 Å². The molecule has 1 aliphatic rings. The molecule has 0 bridgehead atoms. The van der Waals surface area contributed by atoms with Crippen LogP contribution in [0, 0.1) is 6.92 Å². The number of nitrogens with zero attached hydrogens (tertiary/aromatic N) is 3. The highest BCUT2D eigenvalue weighted by atomic mass is 32.2. The Morgan fingerprint density at radius 2 is 1.94 bits per heavy atom. The second-order valence-corrected chi connectivity index (χ2v) is 7.06. The Balaban J connectivity index is 2.03. The third kappa shape index (κ3) is 2.70. The zero-order valence-corrected chi connectivity index (χ0v) is 11.9. The molecule has 0 atom stereocenters. The predicted octanol–water partition coefficient (Wildman–Crippen LogP) is 0.169. The molecule has 100 valence electrons. The Morgan fingerprint density at radius 3 is 2.39 bits per heavy atom. The summed E-state index contributed by atoms with van der Waals surface area (Å²) in [6.45, 7) is 3.40. The summed E-state index contributed by atoms with van der Waals surface area (Å²) in [4.78, 5) is 18.5. The Morgan fingerprint density at radius 1 is 1.33 bits per heavy atom. The van der Waals surface area contributed by atoms with Crippen LogP contribution in [-0.4, -0.2) is 60.9 Å². The van der Waals surface area contributed by atoms with Crippen molar-refractivity contribution in [2.75, 3.05) is 32.4 Å². The maximum atomic E-state index is 12.2. The van der Waals surface area contributed by atoms with E-state index in [2.05, 4.69) is 4.98 Å². The van der Waals surface area contributed by atoms with Gasteiger partial charge in [0.1, 0.15) is 4.88 Å². The molecule has 6 nitrogen and oxygen atoms in total. The molecule has 0 aliphatic carbocycles. The van der Waals surface area contributed by atoms with E-state index in [9.17, 15) is 13.2 Å². The minimum Gasteiger partial charge on any atom is -0.335 e. The summed E-state index contributed by atoms with van der Waals surface area (Å²) in [6, 6.07) is 0. The minimum absolute atomic E-state index is 0.0526. The van der Waals surface area contributed by atoms with Gasteiger partial charge in [-0.1, -0.05) is 0 Å². The highest BCUT2D eigenvalue weighted by molar-refractivity contribution is 7.88. The molecule has 2 rings (SSSR count). The molecule has 8 heteroatoms. The second-order valence-electron chi connectivity index (χ2n) is 4.22. The van der Waals surface area contributed by atoms with Crippen molar-refractivity contribution < 1.29 is 13.2 Å². The predicted molar refractivity (Wildman–Crippen MR) is 69.2 cm³/mol. The van der Waals surface area contributed by atoms with Crippen molar-refractivity contribution in [1.29, 1.82) is 0 Å². The van der Waals surface area contributed by atoms with Crippen molar-refractivity contribution in [1.82, 2.24) is 14.2 Å². The van der Waals surface area contributed by atoms with Gasteiger partial charge in [-0.25, -0.2) is 13.4 Å². The smallest absolute Gasteiger partial charge is 0.265 e. The van der Waals surface area contributed by atoms with E-state index < -0.39 is 10.0 Å². The molecule has 0 saturated carbocycles. The van der Waals surface area contributed by atoms with Crippen LogP contribution in [-0.2, 0) is 10.0 Å². The molecule has 1 aromatic rings. The molecular weight excluding hydrogens is 274 g/mol. The molecule has 0 radical (unpaired) electrons. The highest BCUT2D eigenvalue weighted by Gasteiger charge is 2.27. The van der Waals surface area contributed by atoms with Gasteiger partial charge in [-0.05, 0) is 6.92 Å². The lowest BCUT2D eigenvalue weighted by molar-refractivity contribution is 0.0702. The summed E-state index contributed by atoms with van der Waals surface area (Å²) >= 11 is 1.32. The lowest BCUT2D eigenvalue weighted by atomic mass is 10.3. The largest absolute Gasteiger partial charge is 0.335 e. The molecule has 1 aromatic heterocycles. The van der Waals surface area contributed by atoms with Crippen LogP contribution in [0.5, 0.6) is 0 Å². The van der Waals surface area contributed by atoms with Crippen LogP contribution < -0.4 is 0 Å². The lowest BCUT2D eigenvalue weighted by Crippen LogP contribution is -2.50. The number of piperazine rings is 1. The van der Waals surface area contributed by atoms with E-state index >= 15 is 0 Å². The van der Waals surface area contributed by atoms with Crippen molar-refractivity contribution in [3.05, 3.63) is 16.1 Å². The summed E-state index contributed by atoms with van der Waals surface area (Å²) < 4.78 is 24.1. The van der Waals surface area contributed by atoms with Gasteiger partial charge in [0, 0.05) is 26.2 Å². The average Bonchev–Trinajstić information content (AvgIpc) is 2.73. The monoisotopic (exact) mass is 289 g/mol. The number of carbonyl (C=O) groups excluding carboxylic acids is 1. The van der Waals surface area contributed by atoms with Gasteiger partial charge < -0.3 is 4.90 Å². The Bertz CT molecular complexity index is 544. The summed E-state index contributed by atoms with van der Waals surface area (Å²) in [5.74, 6) is -0.0526. The number of hydrogen-bond acceptors (Lipinski definition) is 5. The van der Waals surface area contributed by atoms with E-state index in [-0.39, 0.29) is 5.91 Å². The maximum absolute atomic E-state index is 12.2. The number of carbonyl (C=O) groups is 1. The van der Waals surface area contributed by atoms with Crippen molar-refractivity contribution in [3.63, 3.8) is 0 Å². The van der Waals surface area contributed by atoms with Gasteiger partial charge in [0.25, 0.3) is 5.91 Å². The SMILES string of the molecule is Cc1ncsc1C(=O)N1CCN(S(C)(=O)=O)CC1. The standard InChI is InChI=1S/C10H15N3O3S2/c1-8-9(17-7-11-8)10(14)12-3-5-13(6-4-12)18(2,15)16/h7H,3-6H2,1-2H3. The first-order chi connectivity index (χ1) is 8.39. The first-order valence-corrected chi connectivity index (χ1v) is 8.27. The molecule has 0 aromatic carbocycles. The fraction of sp³-hybridized carbons (Fsp3) is 0.600. The first-order valence-electron chi connectivity index (χ1n) is 5.54. The van der Waals surface area contributed by atoms with Crippen LogP contribution in [0.2, 0.25) is 0 Å². The molecule has 1 amide bonds. The second kappa shape index (κ2) is 4.94. The van der Waals surface area contributed by atoms with Gasteiger partial charge in [0.2, 0.25) is 10.0 Å². The van der Waals surface area contributed by atoms with Gasteiger partial charge in [0.15, 0.2) is 0 Å². The van der Waals surface area contributed by atoms with Crippen LogP contribution in [0.1, 0.15) is 15.4 Å². The zero-order chi connectivity index (χ0) is 13.3. The number of aromatic nitrogens is 1. The van der Waals surface area contributed by atoms with Crippen LogP contribution in [0.15, 0.2) is 5.51 Å². The Hall–Kier alpha value is -0.990. The summed E-state index contributed by atoms with van der Waals surface area (Å²) in [5, 5.41) is 0. The summed E-state index contributed by atoms with van der Waals surface area (Å²) in [5.41, 5.74) is 2.38. The molecule has 0 unspecified atom stereocenters. The molecule has 1 fully saturated rings. The number of sulfonamides is 1. The molecule has 18 heavy (non-hydrogen) atoms. The van der Waals surface area contributed by atoms with E-state index in [1.54, 1.807) is 17.3 Å². The number of aryl methyl sites for hydroxylation is 1. The Labute approximate surface area is 110 Å². The lowest BCUT2D eigenvalue weighted by Gasteiger charge is -2.33. The normalized spacial score (nSPS) is 18.0. The topological polar surface area (TPSA) is 70.6 Å². The third-order valence-electron chi connectivity index (χ3n) is 2.93. The average molecular weight is 289 g/mol. The first kappa shape index (κ1) is 13.4. The van der Waals surface area contributed by atoms with Gasteiger partial charge in [-0.15, -0.1) is 11.3 Å². The van der Waals surface area contributed by atoms with E-state index in [0.717, 1.165) is 5.69 Å². The zero-order valence-electron chi connectivity index (χ0n) is 10.3.